The van der Waals surface area contributed by atoms with Crippen LogP contribution < -0.4 is 4.90 Å². The Bertz CT molecular complexity index is 3100. The first-order valence-electron chi connectivity index (χ1n) is 22.1. The van der Waals surface area contributed by atoms with E-state index in [1.54, 1.807) is 72.8 Å². The molecule has 0 bridgehead atoms. The number of rotatable bonds is 7. The zero-order chi connectivity index (χ0) is 43.7. The van der Waals surface area contributed by atoms with E-state index in [0.717, 1.165) is 27.0 Å². The third-order valence-corrected chi connectivity index (χ3v) is 8.61. The number of anilines is 3. The fourth-order valence-electron chi connectivity index (χ4n) is 6.33. The third kappa shape index (κ3) is 5.34. The van der Waals surface area contributed by atoms with Crippen LogP contribution in [0.5, 0.6) is 0 Å². The van der Waals surface area contributed by atoms with E-state index in [2.05, 4.69) is 0 Å². The molecule has 2 heteroatoms. The molecule has 50 heavy (non-hydrogen) atoms. The monoisotopic (exact) mass is 650 g/mol. The Morgan fingerprint density at radius 1 is 0.400 bits per heavy atom. The molecular formula is C48H34N2. The van der Waals surface area contributed by atoms with Crippen LogP contribution >= 0.6 is 0 Å². The fraction of sp³-hybridized carbons (Fsp3) is 0. The zero-order valence-corrected chi connectivity index (χ0v) is 26.6. The van der Waals surface area contributed by atoms with Crippen molar-refractivity contribution in [2.45, 2.75) is 0 Å². The molecule has 0 amide bonds. The van der Waals surface area contributed by atoms with Crippen LogP contribution in [-0.2, 0) is 0 Å². The number of benzene rings is 8. The van der Waals surface area contributed by atoms with E-state index in [-0.39, 0.29) is 16.7 Å². The van der Waals surface area contributed by atoms with Gasteiger partial charge in [-0.1, -0.05) is 145 Å². The molecule has 8 aromatic carbocycles. The van der Waals surface area contributed by atoms with Crippen molar-refractivity contribution in [1.82, 2.24) is 4.57 Å². The molecule has 0 atom stereocenters. The SMILES string of the molecule is [2H]c1c([2H])c(-c2cccc3c2c2ccccc2n3-c2ccccc2)c([2H])c(N(c2c([2H])c([2H])c(-c3ccccc3)c([2H])c2[2H])c2c([2H])c([2H])c(-c3ccccc3)c([2H])c2[2H])c1[2H]. The summed E-state index contributed by atoms with van der Waals surface area (Å²) in [5.74, 6) is 0. The van der Waals surface area contributed by atoms with Gasteiger partial charge in [0.1, 0.15) is 0 Å². The van der Waals surface area contributed by atoms with Gasteiger partial charge in [0.25, 0.3) is 0 Å². The summed E-state index contributed by atoms with van der Waals surface area (Å²) in [4.78, 5) is 0.893. The van der Waals surface area contributed by atoms with Crippen molar-refractivity contribution < 1.29 is 16.4 Å². The predicted molar refractivity (Wildman–Crippen MR) is 212 cm³/mol. The Morgan fingerprint density at radius 3 is 1.56 bits per heavy atom. The molecule has 9 aromatic rings. The standard InChI is InChI=1S/C48H34N2/c1-4-14-35(15-5-1)37-26-30-41(31-27-37)49(42-32-28-38(29-33-42)36-16-6-2-7-17-36)43-21-12-18-39(34-43)44-23-13-25-47-48(44)45-22-10-11-24-46(45)50(47)40-19-8-3-9-20-40/h1-34H/i12D,18D,21D,26D,27D,28D,29D,30D,31D,32D,33D,34D. The van der Waals surface area contributed by atoms with Crippen molar-refractivity contribution >= 4 is 38.9 Å². The van der Waals surface area contributed by atoms with Gasteiger partial charge in [-0.25, -0.2) is 0 Å². The molecule has 0 fully saturated rings. The van der Waals surface area contributed by atoms with Crippen molar-refractivity contribution in [3.63, 3.8) is 0 Å². The van der Waals surface area contributed by atoms with Gasteiger partial charge >= 0.3 is 0 Å². The highest BCUT2D eigenvalue weighted by Crippen LogP contribution is 2.42. The summed E-state index contributed by atoms with van der Waals surface area (Å²) in [6.45, 7) is 0. The van der Waals surface area contributed by atoms with Gasteiger partial charge in [-0.3, -0.25) is 0 Å². The molecule has 0 saturated carbocycles. The molecule has 2 nitrogen and oxygen atoms in total. The van der Waals surface area contributed by atoms with Crippen LogP contribution in [0.3, 0.4) is 0 Å². The molecule has 0 radical (unpaired) electrons. The number of hydrogen-bond acceptors (Lipinski definition) is 1. The second-order valence-electron chi connectivity index (χ2n) is 11.6. The Morgan fingerprint density at radius 2 is 0.940 bits per heavy atom. The Hall–Kier alpha value is -6.64. The van der Waals surface area contributed by atoms with Crippen LogP contribution in [0.15, 0.2) is 206 Å². The molecule has 0 aliphatic rings. The number of para-hydroxylation sites is 2. The molecule has 236 valence electrons. The lowest BCUT2D eigenvalue weighted by molar-refractivity contribution is 1.18. The van der Waals surface area contributed by atoms with E-state index in [9.17, 15) is 16.4 Å². The quantitative estimate of drug-likeness (QED) is 0.167. The molecule has 0 unspecified atom stereocenters. The summed E-state index contributed by atoms with van der Waals surface area (Å²) in [7, 11) is 0. The summed E-state index contributed by atoms with van der Waals surface area (Å²) in [6, 6.07) is 32.5. The highest BCUT2D eigenvalue weighted by atomic mass is 15.1. The maximum absolute atomic E-state index is 9.99. The average Bonchev–Trinajstić information content (AvgIpc) is 3.63. The minimum atomic E-state index is -0.726. The van der Waals surface area contributed by atoms with Gasteiger partial charge in [0.2, 0.25) is 0 Å². The molecule has 0 aliphatic carbocycles. The van der Waals surface area contributed by atoms with E-state index in [4.69, 9.17) is 0 Å². The van der Waals surface area contributed by atoms with Gasteiger partial charge in [0.15, 0.2) is 0 Å². The van der Waals surface area contributed by atoms with Gasteiger partial charge in [0, 0.05) is 33.5 Å². The number of fused-ring (bicyclic) bond motifs is 3. The molecule has 1 aromatic heterocycles. The van der Waals surface area contributed by atoms with E-state index in [1.807, 2.05) is 65.2 Å². The predicted octanol–water partition coefficient (Wildman–Crippen LogP) is 13.3. The molecule has 0 spiro atoms. The minimum Gasteiger partial charge on any atom is -0.310 e. The molecule has 0 saturated heterocycles. The normalized spacial score (nSPS) is 14.6. The van der Waals surface area contributed by atoms with E-state index >= 15 is 0 Å². The zero-order valence-electron chi connectivity index (χ0n) is 38.6. The van der Waals surface area contributed by atoms with Crippen molar-refractivity contribution in [3.8, 4) is 39.1 Å². The smallest absolute Gasteiger partial charge is 0.0651 e. The molecular weight excluding hydrogens is 605 g/mol. The summed E-state index contributed by atoms with van der Waals surface area (Å²) >= 11 is 0. The van der Waals surface area contributed by atoms with Crippen LogP contribution in [0.1, 0.15) is 16.4 Å². The lowest BCUT2D eigenvalue weighted by Crippen LogP contribution is -2.10. The second-order valence-corrected chi connectivity index (χ2v) is 11.6. The maximum atomic E-state index is 9.99. The number of nitrogens with zero attached hydrogens (tertiary/aromatic N) is 2. The molecule has 1 heterocycles. The summed E-state index contributed by atoms with van der Waals surface area (Å²) in [5.41, 5.74) is 1.73. The largest absolute Gasteiger partial charge is 0.310 e. The van der Waals surface area contributed by atoms with Crippen LogP contribution in [0.4, 0.5) is 17.1 Å². The first-order chi connectivity index (χ1) is 29.8. The Kier molecular flexibility index (Phi) is 4.95. The average molecular weight is 651 g/mol. The highest BCUT2D eigenvalue weighted by molar-refractivity contribution is 6.15. The van der Waals surface area contributed by atoms with E-state index in [1.165, 1.54) is 0 Å². The second kappa shape index (κ2) is 12.8. The fourth-order valence-corrected chi connectivity index (χ4v) is 6.33. The van der Waals surface area contributed by atoms with Crippen LogP contribution in [0.2, 0.25) is 0 Å². The Labute approximate surface area is 309 Å². The van der Waals surface area contributed by atoms with Gasteiger partial charge < -0.3 is 9.47 Å². The maximum Gasteiger partial charge on any atom is 0.0651 e. The first-order valence-corrected chi connectivity index (χ1v) is 16.1. The van der Waals surface area contributed by atoms with Crippen LogP contribution in [-0.4, -0.2) is 4.57 Å². The van der Waals surface area contributed by atoms with E-state index in [0.29, 0.717) is 22.1 Å². The lowest BCUT2D eigenvalue weighted by atomic mass is 9.98. The molecule has 0 aliphatic heterocycles. The summed E-state index contributed by atoms with van der Waals surface area (Å²) in [5, 5.41) is 1.41. The molecule has 0 N–H and O–H groups in total. The Balaban J connectivity index is 1.42. The number of hydrogen-bond donors (Lipinski definition) is 0. The van der Waals surface area contributed by atoms with Gasteiger partial charge in [-0.05, 0) is 93.9 Å². The van der Waals surface area contributed by atoms with Crippen LogP contribution in [0.25, 0.3) is 60.9 Å². The van der Waals surface area contributed by atoms with Crippen molar-refractivity contribution in [1.29, 1.82) is 0 Å². The lowest BCUT2D eigenvalue weighted by Gasteiger charge is -2.26. The van der Waals surface area contributed by atoms with Crippen molar-refractivity contribution in [2.75, 3.05) is 4.90 Å². The van der Waals surface area contributed by atoms with Crippen molar-refractivity contribution in [3.05, 3.63) is 206 Å². The first kappa shape index (κ1) is 19.4. The van der Waals surface area contributed by atoms with Crippen LogP contribution in [0, 0.1) is 0 Å². The van der Waals surface area contributed by atoms with Gasteiger partial charge in [0.05, 0.1) is 27.5 Å². The topological polar surface area (TPSA) is 8.17 Å². The highest BCUT2D eigenvalue weighted by Gasteiger charge is 2.18. The van der Waals surface area contributed by atoms with Gasteiger partial charge in [-0.2, -0.15) is 0 Å². The van der Waals surface area contributed by atoms with Gasteiger partial charge in [-0.15, -0.1) is 0 Å². The number of aromatic nitrogens is 1. The third-order valence-electron chi connectivity index (χ3n) is 8.61. The van der Waals surface area contributed by atoms with Crippen molar-refractivity contribution in [2.24, 2.45) is 0 Å². The summed E-state index contributed by atoms with van der Waals surface area (Å²) < 4.78 is 115. The minimum absolute atomic E-state index is 0.0367. The van der Waals surface area contributed by atoms with E-state index < -0.39 is 89.6 Å². The molecule has 9 rings (SSSR count). The summed E-state index contributed by atoms with van der Waals surface area (Å²) in [6.07, 6.45) is 0.